The Hall–Kier alpha value is -2.87. The fourth-order valence-corrected chi connectivity index (χ4v) is 4.04. The molecule has 0 bridgehead atoms. The van der Waals surface area contributed by atoms with Crippen LogP contribution in [0.2, 0.25) is 0 Å². The number of hydrogen-bond acceptors (Lipinski definition) is 6. The van der Waals surface area contributed by atoms with E-state index in [4.69, 9.17) is 9.47 Å². The predicted molar refractivity (Wildman–Crippen MR) is 113 cm³/mol. The first kappa shape index (κ1) is 22.4. The topological polar surface area (TPSA) is 93.7 Å². The Labute approximate surface area is 174 Å². The van der Waals surface area contributed by atoms with Gasteiger partial charge in [-0.2, -0.15) is 0 Å². The zero-order valence-corrected chi connectivity index (χ0v) is 18.1. The van der Waals surface area contributed by atoms with Crippen molar-refractivity contribution in [3.63, 3.8) is 0 Å². The van der Waals surface area contributed by atoms with Crippen LogP contribution in [0.15, 0.2) is 24.3 Å². The summed E-state index contributed by atoms with van der Waals surface area (Å²) in [4.78, 5) is 37.5. The summed E-state index contributed by atoms with van der Waals surface area (Å²) in [5, 5.41) is 5.66. The van der Waals surface area contributed by atoms with Gasteiger partial charge < -0.3 is 20.1 Å². The lowest BCUT2D eigenvalue weighted by Crippen LogP contribution is -2.18. The molecule has 0 aliphatic carbocycles. The van der Waals surface area contributed by atoms with Crippen LogP contribution in [0.25, 0.3) is 0 Å². The van der Waals surface area contributed by atoms with E-state index < -0.39 is 5.97 Å². The first-order valence-electron chi connectivity index (χ1n) is 9.28. The molecule has 2 aromatic rings. The van der Waals surface area contributed by atoms with E-state index in [9.17, 15) is 14.4 Å². The number of rotatable bonds is 8. The molecule has 0 radical (unpaired) electrons. The molecule has 2 amide bonds. The summed E-state index contributed by atoms with van der Waals surface area (Å²) in [5.74, 6) is -0.407. The third-order valence-corrected chi connectivity index (χ3v) is 5.70. The summed E-state index contributed by atoms with van der Waals surface area (Å²) in [5.41, 5.74) is 1.71. The molecule has 2 N–H and O–H groups in total. The monoisotopic (exact) mass is 418 g/mol. The standard InChI is InChI=1S/C21H26N2O5S/c1-6-28-21(26)17-13(3)18(19(25)22-4)29-20(17)23-16(24)11-12(2)14-7-9-15(27-5)10-8-14/h7-10,12H,6,11H2,1-5H3,(H,22,25)(H,23,24). The highest BCUT2D eigenvalue weighted by atomic mass is 32.1. The van der Waals surface area contributed by atoms with Gasteiger partial charge in [-0.25, -0.2) is 4.79 Å². The van der Waals surface area contributed by atoms with Gasteiger partial charge in [-0.1, -0.05) is 19.1 Å². The Morgan fingerprint density at radius 1 is 1.17 bits per heavy atom. The van der Waals surface area contributed by atoms with Crippen molar-refractivity contribution >= 4 is 34.1 Å². The van der Waals surface area contributed by atoms with E-state index in [1.54, 1.807) is 21.0 Å². The lowest BCUT2D eigenvalue weighted by atomic mass is 9.97. The van der Waals surface area contributed by atoms with Crippen LogP contribution in [0.1, 0.15) is 57.3 Å². The smallest absolute Gasteiger partial charge is 0.341 e. The second kappa shape index (κ2) is 10.1. The number of anilines is 1. The zero-order valence-electron chi connectivity index (χ0n) is 17.3. The lowest BCUT2D eigenvalue weighted by molar-refractivity contribution is -0.116. The summed E-state index contributed by atoms with van der Waals surface area (Å²) in [6, 6.07) is 7.53. The Morgan fingerprint density at radius 2 is 1.83 bits per heavy atom. The van der Waals surface area contributed by atoms with Gasteiger partial charge in [0.1, 0.15) is 10.8 Å². The van der Waals surface area contributed by atoms with Gasteiger partial charge in [0.05, 0.1) is 24.2 Å². The number of benzene rings is 1. The van der Waals surface area contributed by atoms with E-state index in [0.717, 1.165) is 22.6 Å². The largest absolute Gasteiger partial charge is 0.497 e. The maximum atomic E-state index is 12.6. The molecule has 0 aliphatic heterocycles. The van der Waals surface area contributed by atoms with E-state index in [-0.39, 0.29) is 36.3 Å². The molecule has 0 spiro atoms. The maximum absolute atomic E-state index is 12.6. The molecule has 7 nitrogen and oxygen atoms in total. The van der Waals surface area contributed by atoms with Gasteiger partial charge in [0.25, 0.3) is 5.91 Å². The van der Waals surface area contributed by atoms with Crippen molar-refractivity contribution in [1.29, 1.82) is 0 Å². The molecule has 1 unspecified atom stereocenters. The summed E-state index contributed by atoms with van der Waals surface area (Å²) in [6.07, 6.45) is 0.223. The minimum absolute atomic E-state index is 0.0357. The molecule has 156 valence electrons. The van der Waals surface area contributed by atoms with Gasteiger partial charge in [-0.3, -0.25) is 9.59 Å². The van der Waals surface area contributed by atoms with Crippen LogP contribution in [-0.2, 0) is 9.53 Å². The van der Waals surface area contributed by atoms with E-state index >= 15 is 0 Å². The molecular formula is C21H26N2O5S. The van der Waals surface area contributed by atoms with Gasteiger partial charge in [0.2, 0.25) is 5.91 Å². The molecule has 1 atom stereocenters. The van der Waals surface area contributed by atoms with Gasteiger partial charge >= 0.3 is 5.97 Å². The Bertz CT molecular complexity index is 889. The summed E-state index contributed by atoms with van der Waals surface area (Å²) in [6.45, 7) is 5.52. The summed E-state index contributed by atoms with van der Waals surface area (Å²) < 4.78 is 10.3. The first-order valence-corrected chi connectivity index (χ1v) is 10.1. The highest BCUT2D eigenvalue weighted by Gasteiger charge is 2.26. The molecule has 1 heterocycles. The van der Waals surface area contributed by atoms with E-state index in [2.05, 4.69) is 10.6 Å². The van der Waals surface area contributed by atoms with Crippen molar-refractivity contribution in [2.24, 2.45) is 0 Å². The number of ether oxygens (including phenoxy) is 2. The molecule has 0 fully saturated rings. The molecule has 0 saturated heterocycles. The fraction of sp³-hybridized carbons (Fsp3) is 0.381. The molecule has 2 rings (SSSR count). The summed E-state index contributed by atoms with van der Waals surface area (Å²) in [7, 11) is 3.11. The fourth-order valence-electron chi connectivity index (χ4n) is 2.89. The minimum Gasteiger partial charge on any atom is -0.497 e. The van der Waals surface area contributed by atoms with Gasteiger partial charge in [-0.15, -0.1) is 11.3 Å². The highest BCUT2D eigenvalue weighted by Crippen LogP contribution is 2.34. The van der Waals surface area contributed by atoms with Gasteiger partial charge in [-0.05, 0) is 43.0 Å². The van der Waals surface area contributed by atoms with Crippen molar-refractivity contribution in [3.05, 3.63) is 45.8 Å². The number of carbonyl (C=O) groups excluding carboxylic acids is 3. The van der Waals surface area contributed by atoms with Crippen molar-refractivity contribution in [1.82, 2.24) is 5.32 Å². The molecule has 0 aliphatic rings. The number of nitrogens with one attached hydrogen (secondary N) is 2. The van der Waals surface area contributed by atoms with E-state index in [1.165, 1.54) is 7.05 Å². The number of esters is 1. The molecule has 0 saturated carbocycles. The molecule has 1 aromatic carbocycles. The van der Waals surface area contributed by atoms with Crippen LogP contribution < -0.4 is 15.4 Å². The second-order valence-corrected chi connectivity index (χ2v) is 7.51. The van der Waals surface area contributed by atoms with E-state index in [0.29, 0.717) is 15.4 Å². The number of thiophene rings is 1. The number of amides is 2. The third-order valence-electron chi connectivity index (χ3n) is 4.49. The maximum Gasteiger partial charge on any atom is 0.341 e. The number of hydrogen-bond donors (Lipinski definition) is 2. The molecule has 1 aromatic heterocycles. The van der Waals surface area contributed by atoms with E-state index in [1.807, 2.05) is 31.2 Å². The van der Waals surface area contributed by atoms with Gasteiger partial charge in [0, 0.05) is 13.5 Å². The molecular weight excluding hydrogens is 392 g/mol. The van der Waals surface area contributed by atoms with Crippen LogP contribution in [0, 0.1) is 6.92 Å². The van der Waals surface area contributed by atoms with Crippen LogP contribution in [-0.4, -0.2) is 38.5 Å². The third kappa shape index (κ3) is 5.35. The molecule has 8 heteroatoms. The molecule has 29 heavy (non-hydrogen) atoms. The average molecular weight is 419 g/mol. The van der Waals surface area contributed by atoms with Crippen LogP contribution in [0.5, 0.6) is 5.75 Å². The number of methoxy groups -OCH3 is 1. The van der Waals surface area contributed by atoms with Crippen LogP contribution >= 0.6 is 11.3 Å². The van der Waals surface area contributed by atoms with Crippen molar-refractivity contribution < 1.29 is 23.9 Å². The average Bonchev–Trinajstić information content (AvgIpc) is 3.03. The Kier molecular flexibility index (Phi) is 7.78. The first-order chi connectivity index (χ1) is 13.8. The van der Waals surface area contributed by atoms with Crippen LogP contribution in [0.3, 0.4) is 0 Å². The van der Waals surface area contributed by atoms with Crippen molar-refractivity contribution in [2.75, 3.05) is 26.1 Å². The number of carbonyl (C=O) groups is 3. The van der Waals surface area contributed by atoms with Crippen molar-refractivity contribution in [2.45, 2.75) is 33.1 Å². The highest BCUT2D eigenvalue weighted by molar-refractivity contribution is 7.18. The second-order valence-electron chi connectivity index (χ2n) is 6.49. The predicted octanol–water partition coefficient (Wildman–Crippen LogP) is 3.73. The lowest BCUT2D eigenvalue weighted by Gasteiger charge is -2.13. The zero-order chi connectivity index (χ0) is 21.6. The quantitative estimate of drug-likeness (QED) is 0.637. The van der Waals surface area contributed by atoms with Gasteiger partial charge in [0.15, 0.2) is 0 Å². The van der Waals surface area contributed by atoms with Crippen molar-refractivity contribution in [3.8, 4) is 5.75 Å². The van der Waals surface area contributed by atoms with Crippen LogP contribution in [0.4, 0.5) is 5.00 Å². The minimum atomic E-state index is -0.560. The SMILES string of the molecule is CCOC(=O)c1c(NC(=O)CC(C)c2ccc(OC)cc2)sc(C(=O)NC)c1C. The normalized spacial score (nSPS) is 11.5. The summed E-state index contributed by atoms with van der Waals surface area (Å²) >= 11 is 1.07. The Balaban J connectivity index is 2.21. The Morgan fingerprint density at radius 3 is 2.38 bits per heavy atom.